The first-order chi connectivity index (χ1) is 9.75. The number of ketones is 1. The number of carbonyl (C=O) groups is 2. The third-order valence-electron chi connectivity index (χ3n) is 2.60. The van der Waals surface area contributed by atoms with Gasteiger partial charge in [0.15, 0.2) is 5.78 Å². The van der Waals surface area contributed by atoms with Crippen LogP contribution in [0.3, 0.4) is 0 Å². The lowest BCUT2D eigenvalue weighted by molar-refractivity contribution is -0.115. The van der Waals surface area contributed by atoms with Crippen molar-refractivity contribution < 1.29 is 9.59 Å². The highest BCUT2D eigenvalue weighted by Gasteiger charge is 2.05. The monoisotopic (exact) mass is 263 g/mol. The second-order valence-corrected chi connectivity index (χ2v) is 4.09. The molecule has 98 valence electrons. The highest BCUT2D eigenvalue weighted by Crippen LogP contribution is 1.98. The Morgan fingerprint density at radius 2 is 1.50 bits per heavy atom. The maximum absolute atomic E-state index is 11.8. The number of nitrogens with one attached hydrogen (secondary N) is 1. The minimum atomic E-state index is -0.460. The van der Waals surface area contributed by atoms with Gasteiger partial charge in [0.25, 0.3) is 5.91 Å². The Kier molecular flexibility index (Phi) is 4.69. The fraction of sp³-hybridized carbons (Fsp3) is 0.0588. The molecule has 0 atom stereocenters. The van der Waals surface area contributed by atoms with Crippen molar-refractivity contribution in [3.05, 3.63) is 71.8 Å². The molecule has 0 aliphatic rings. The van der Waals surface area contributed by atoms with Gasteiger partial charge in [-0.2, -0.15) is 0 Å². The molecule has 2 aromatic carbocycles. The van der Waals surface area contributed by atoms with Crippen LogP contribution in [0.25, 0.3) is 0 Å². The molecule has 0 saturated carbocycles. The predicted molar refractivity (Wildman–Crippen MR) is 77.1 cm³/mol. The summed E-state index contributed by atoms with van der Waals surface area (Å²) in [5.41, 5.74) is 1.33. The van der Waals surface area contributed by atoms with E-state index >= 15 is 0 Å². The normalized spacial score (nSPS) is 9.20. The lowest BCUT2D eigenvalue weighted by Crippen LogP contribution is -2.28. The van der Waals surface area contributed by atoms with E-state index in [4.69, 9.17) is 0 Å². The molecule has 0 fully saturated rings. The number of hydrogen-bond donors (Lipinski definition) is 1. The van der Waals surface area contributed by atoms with Crippen molar-refractivity contribution in [1.29, 1.82) is 0 Å². The van der Waals surface area contributed by atoms with Gasteiger partial charge in [0, 0.05) is 17.0 Å². The molecular formula is C17H13NO2. The molecule has 0 bridgehead atoms. The zero-order valence-corrected chi connectivity index (χ0v) is 10.8. The van der Waals surface area contributed by atoms with Gasteiger partial charge in [0.2, 0.25) is 0 Å². The highest BCUT2D eigenvalue weighted by molar-refractivity contribution is 6.02. The molecule has 0 aliphatic carbocycles. The van der Waals surface area contributed by atoms with Gasteiger partial charge in [-0.25, -0.2) is 0 Å². The van der Waals surface area contributed by atoms with Crippen molar-refractivity contribution >= 4 is 11.7 Å². The van der Waals surface area contributed by atoms with Crippen molar-refractivity contribution in [2.24, 2.45) is 0 Å². The second kappa shape index (κ2) is 6.91. The van der Waals surface area contributed by atoms with Crippen LogP contribution < -0.4 is 5.32 Å². The maximum Gasteiger partial charge on any atom is 0.296 e. The Balaban J connectivity index is 1.87. The molecule has 0 unspecified atom stereocenters. The number of carbonyl (C=O) groups excluding carboxylic acids is 2. The first-order valence-electron chi connectivity index (χ1n) is 6.19. The van der Waals surface area contributed by atoms with Crippen molar-refractivity contribution in [2.75, 3.05) is 6.54 Å². The van der Waals surface area contributed by atoms with E-state index in [0.29, 0.717) is 5.56 Å². The standard InChI is InChI=1S/C17H13NO2/c19-16(15-9-5-2-6-10-15)13-18-17(20)12-11-14-7-3-1-4-8-14/h1-10H,13H2,(H,18,20). The Morgan fingerprint density at radius 1 is 0.900 bits per heavy atom. The Bertz CT molecular complexity index is 652. The molecule has 0 spiro atoms. The van der Waals surface area contributed by atoms with Crippen LogP contribution in [0, 0.1) is 11.8 Å². The summed E-state index contributed by atoms with van der Waals surface area (Å²) in [6.45, 7) is -0.0493. The number of Topliss-reactive ketones (excluding diaryl/α,β-unsaturated/α-hetero) is 1. The lowest BCUT2D eigenvalue weighted by atomic mass is 10.1. The molecular weight excluding hydrogens is 250 g/mol. The van der Waals surface area contributed by atoms with Crippen molar-refractivity contribution in [3.63, 3.8) is 0 Å². The van der Waals surface area contributed by atoms with Crippen LogP contribution in [0.4, 0.5) is 0 Å². The van der Waals surface area contributed by atoms with Gasteiger partial charge in [-0.15, -0.1) is 0 Å². The van der Waals surface area contributed by atoms with Crippen molar-refractivity contribution in [3.8, 4) is 11.8 Å². The summed E-state index contributed by atoms with van der Waals surface area (Å²) in [6, 6.07) is 18.0. The molecule has 1 N–H and O–H groups in total. The minimum absolute atomic E-state index is 0.0493. The van der Waals surface area contributed by atoms with Gasteiger partial charge in [-0.1, -0.05) is 54.5 Å². The summed E-state index contributed by atoms with van der Waals surface area (Å²) < 4.78 is 0. The van der Waals surface area contributed by atoms with Gasteiger partial charge in [0.05, 0.1) is 6.54 Å². The topological polar surface area (TPSA) is 46.2 Å². The summed E-state index contributed by atoms with van der Waals surface area (Å²) in [5.74, 6) is 4.59. The van der Waals surface area contributed by atoms with Crippen molar-refractivity contribution in [1.82, 2.24) is 5.32 Å². The van der Waals surface area contributed by atoms with Gasteiger partial charge >= 0.3 is 0 Å². The molecule has 3 heteroatoms. The van der Waals surface area contributed by atoms with Crippen LogP contribution in [-0.2, 0) is 4.79 Å². The Labute approximate surface area is 117 Å². The molecule has 0 radical (unpaired) electrons. The SMILES string of the molecule is O=C(C#Cc1ccccc1)NCC(=O)c1ccccc1. The molecule has 0 aliphatic heterocycles. The summed E-state index contributed by atoms with van der Waals surface area (Å²) >= 11 is 0. The van der Waals surface area contributed by atoms with Crippen LogP contribution in [0.5, 0.6) is 0 Å². The highest BCUT2D eigenvalue weighted by atomic mass is 16.2. The Morgan fingerprint density at radius 3 is 2.15 bits per heavy atom. The largest absolute Gasteiger partial charge is 0.338 e. The summed E-state index contributed by atoms with van der Waals surface area (Å²) in [5, 5.41) is 2.49. The quantitative estimate of drug-likeness (QED) is 0.680. The van der Waals surface area contributed by atoms with Crippen molar-refractivity contribution in [2.45, 2.75) is 0 Å². The van der Waals surface area contributed by atoms with E-state index in [1.165, 1.54) is 0 Å². The van der Waals surface area contributed by atoms with E-state index in [1.54, 1.807) is 24.3 Å². The minimum Gasteiger partial charge on any atom is -0.338 e. The van der Waals surface area contributed by atoms with Crippen LogP contribution in [0.1, 0.15) is 15.9 Å². The molecule has 0 saturated heterocycles. The molecule has 2 aromatic rings. The van der Waals surface area contributed by atoms with Gasteiger partial charge < -0.3 is 5.32 Å². The van der Waals surface area contributed by atoms with Crippen LogP contribution >= 0.6 is 0 Å². The third kappa shape index (κ3) is 4.11. The van der Waals surface area contributed by atoms with Crippen LogP contribution in [-0.4, -0.2) is 18.2 Å². The zero-order valence-electron chi connectivity index (χ0n) is 10.8. The number of hydrogen-bond acceptors (Lipinski definition) is 2. The number of benzene rings is 2. The Hall–Kier alpha value is -2.86. The molecule has 0 heterocycles. The third-order valence-corrected chi connectivity index (χ3v) is 2.60. The van der Waals surface area contributed by atoms with Gasteiger partial charge in [0.1, 0.15) is 0 Å². The van der Waals surface area contributed by atoms with Crippen LogP contribution in [0.15, 0.2) is 60.7 Å². The lowest BCUT2D eigenvalue weighted by Gasteiger charge is -2.00. The average Bonchev–Trinajstić information content (AvgIpc) is 2.52. The molecule has 0 aromatic heterocycles. The molecule has 3 nitrogen and oxygen atoms in total. The summed E-state index contributed by atoms with van der Waals surface area (Å²) in [6.07, 6.45) is 0. The number of amides is 1. The van der Waals surface area contributed by atoms with E-state index < -0.39 is 5.91 Å². The first kappa shape index (κ1) is 13.6. The fourth-order valence-electron chi connectivity index (χ4n) is 1.58. The summed E-state index contributed by atoms with van der Waals surface area (Å²) in [7, 11) is 0. The molecule has 20 heavy (non-hydrogen) atoms. The average molecular weight is 263 g/mol. The smallest absolute Gasteiger partial charge is 0.296 e. The van der Waals surface area contributed by atoms with Gasteiger partial charge in [-0.3, -0.25) is 9.59 Å². The molecule has 2 rings (SSSR count). The molecule has 1 amide bonds. The van der Waals surface area contributed by atoms with E-state index in [9.17, 15) is 9.59 Å². The second-order valence-electron chi connectivity index (χ2n) is 4.09. The van der Waals surface area contributed by atoms with E-state index in [2.05, 4.69) is 17.2 Å². The van der Waals surface area contributed by atoms with Gasteiger partial charge in [-0.05, 0) is 12.1 Å². The summed E-state index contributed by atoms with van der Waals surface area (Å²) in [4.78, 5) is 23.3. The number of rotatable bonds is 3. The predicted octanol–water partition coefficient (Wildman–Crippen LogP) is 2.04. The van der Waals surface area contributed by atoms with E-state index in [-0.39, 0.29) is 12.3 Å². The fourth-order valence-corrected chi connectivity index (χ4v) is 1.58. The van der Waals surface area contributed by atoms with Crippen LogP contribution in [0.2, 0.25) is 0 Å². The van der Waals surface area contributed by atoms with E-state index in [0.717, 1.165) is 5.56 Å². The maximum atomic E-state index is 11.8. The zero-order chi connectivity index (χ0) is 14.2. The first-order valence-corrected chi connectivity index (χ1v) is 6.19. The van der Waals surface area contributed by atoms with E-state index in [1.807, 2.05) is 36.4 Å².